The topological polar surface area (TPSA) is 72.6 Å². The molecule has 0 atom stereocenters. The predicted molar refractivity (Wildman–Crippen MR) is 66.9 cm³/mol. The Morgan fingerprint density at radius 1 is 1.33 bits per heavy atom. The van der Waals surface area contributed by atoms with E-state index in [-0.39, 0.29) is 12.5 Å². The maximum absolute atomic E-state index is 11.6. The van der Waals surface area contributed by atoms with E-state index in [1.807, 2.05) is 0 Å². The van der Waals surface area contributed by atoms with Crippen LogP contribution < -0.4 is 5.73 Å². The van der Waals surface area contributed by atoms with Gasteiger partial charge in [0.15, 0.2) is 6.61 Å². The quantitative estimate of drug-likeness (QED) is 0.638. The zero-order valence-electron chi connectivity index (χ0n) is 10.3. The van der Waals surface area contributed by atoms with Crippen LogP contribution in [0.4, 0.5) is 5.69 Å². The highest BCUT2D eigenvalue weighted by molar-refractivity contribution is 5.91. The Morgan fingerprint density at radius 2 is 1.94 bits per heavy atom. The lowest BCUT2D eigenvalue weighted by Gasteiger charge is -2.15. The molecule has 1 aliphatic carbocycles. The maximum atomic E-state index is 11.6. The normalized spacial score (nSPS) is 14.1. The zero-order valence-corrected chi connectivity index (χ0v) is 10.3. The van der Waals surface area contributed by atoms with Crippen LogP contribution in [0, 0.1) is 0 Å². The molecular formula is C13H16N2O3. The van der Waals surface area contributed by atoms with Crippen molar-refractivity contribution >= 4 is 17.6 Å². The van der Waals surface area contributed by atoms with Crippen molar-refractivity contribution in [1.82, 2.24) is 4.90 Å². The number of likely N-dealkylation sites (N-methyl/N-ethyl adjacent to an activating group) is 1. The van der Waals surface area contributed by atoms with Crippen LogP contribution in [0.3, 0.4) is 0 Å². The Hall–Kier alpha value is -2.04. The number of benzene rings is 1. The standard InChI is InChI=1S/C13H16N2O3/c1-15(11-6-7-11)12(16)8-18-13(17)9-2-4-10(14)5-3-9/h2-5,11H,6-8,14H2,1H3. The minimum Gasteiger partial charge on any atom is -0.452 e. The van der Waals surface area contributed by atoms with E-state index in [1.165, 1.54) is 0 Å². The molecule has 5 nitrogen and oxygen atoms in total. The molecule has 1 fully saturated rings. The molecule has 0 radical (unpaired) electrons. The fourth-order valence-electron chi connectivity index (χ4n) is 1.60. The van der Waals surface area contributed by atoms with Crippen LogP contribution in [0.25, 0.3) is 0 Å². The van der Waals surface area contributed by atoms with Crippen molar-refractivity contribution in [2.75, 3.05) is 19.4 Å². The number of carbonyl (C=O) groups is 2. The first-order valence-corrected chi connectivity index (χ1v) is 5.86. The molecule has 0 aromatic heterocycles. The van der Waals surface area contributed by atoms with Gasteiger partial charge in [0.2, 0.25) is 0 Å². The molecule has 0 saturated heterocycles. The first-order valence-electron chi connectivity index (χ1n) is 5.86. The van der Waals surface area contributed by atoms with E-state index in [2.05, 4.69) is 0 Å². The van der Waals surface area contributed by atoms with Crippen molar-refractivity contribution in [2.24, 2.45) is 0 Å². The third-order valence-corrected chi connectivity index (χ3v) is 2.96. The van der Waals surface area contributed by atoms with Crippen molar-refractivity contribution in [3.63, 3.8) is 0 Å². The Morgan fingerprint density at radius 3 is 2.50 bits per heavy atom. The Balaban J connectivity index is 1.84. The average Bonchev–Trinajstić information content (AvgIpc) is 3.19. The van der Waals surface area contributed by atoms with Gasteiger partial charge in [-0.25, -0.2) is 4.79 Å². The van der Waals surface area contributed by atoms with Gasteiger partial charge in [0.1, 0.15) is 0 Å². The fraction of sp³-hybridized carbons (Fsp3) is 0.385. The molecule has 0 spiro atoms. The van der Waals surface area contributed by atoms with Gasteiger partial charge < -0.3 is 15.4 Å². The highest BCUT2D eigenvalue weighted by Crippen LogP contribution is 2.25. The van der Waals surface area contributed by atoms with Gasteiger partial charge in [-0.2, -0.15) is 0 Å². The van der Waals surface area contributed by atoms with E-state index in [4.69, 9.17) is 10.5 Å². The second kappa shape index (κ2) is 5.08. The number of amides is 1. The largest absolute Gasteiger partial charge is 0.452 e. The lowest BCUT2D eigenvalue weighted by atomic mass is 10.2. The van der Waals surface area contributed by atoms with Gasteiger partial charge in [-0.1, -0.05) is 0 Å². The summed E-state index contributed by atoms with van der Waals surface area (Å²) in [6.07, 6.45) is 2.07. The Bertz CT molecular complexity index is 452. The molecule has 1 aromatic rings. The van der Waals surface area contributed by atoms with Crippen LogP contribution in [0.2, 0.25) is 0 Å². The molecular weight excluding hydrogens is 232 g/mol. The molecule has 1 saturated carbocycles. The number of hydrogen-bond acceptors (Lipinski definition) is 4. The fourth-order valence-corrected chi connectivity index (χ4v) is 1.60. The zero-order chi connectivity index (χ0) is 13.1. The first kappa shape index (κ1) is 12.4. The first-order chi connectivity index (χ1) is 8.58. The molecule has 18 heavy (non-hydrogen) atoms. The minimum atomic E-state index is -0.507. The third kappa shape index (κ3) is 3.00. The summed E-state index contributed by atoms with van der Waals surface area (Å²) in [6, 6.07) is 6.72. The van der Waals surface area contributed by atoms with E-state index in [1.54, 1.807) is 36.2 Å². The summed E-state index contributed by atoms with van der Waals surface area (Å²) >= 11 is 0. The molecule has 0 unspecified atom stereocenters. The minimum absolute atomic E-state index is 0.165. The maximum Gasteiger partial charge on any atom is 0.338 e. The molecule has 1 amide bonds. The van der Waals surface area contributed by atoms with Gasteiger partial charge in [0.25, 0.3) is 5.91 Å². The monoisotopic (exact) mass is 248 g/mol. The molecule has 2 N–H and O–H groups in total. The van der Waals surface area contributed by atoms with Crippen LogP contribution in [-0.4, -0.2) is 36.5 Å². The molecule has 96 valence electrons. The predicted octanol–water partition coefficient (Wildman–Crippen LogP) is 1.05. The van der Waals surface area contributed by atoms with Crippen molar-refractivity contribution in [3.8, 4) is 0 Å². The molecule has 1 aromatic carbocycles. The number of nitrogens with zero attached hydrogens (tertiary/aromatic N) is 1. The van der Waals surface area contributed by atoms with Gasteiger partial charge in [-0.15, -0.1) is 0 Å². The summed E-state index contributed by atoms with van der Waals surface area (Å²) in [7, 11) is 1.73. The molecule has 0 aliphatic heterocycles. The van der Waals surface area contributed by atoms with E-state index < -0.39 is 5.97 Å². The molecule has 1 aliphatic rings. The number of esters is 1. The van der Waals surface area contributed by atoms with Crippen LogP contribution in [0.15, 0.2) is 24.3 Å². The van der Waals surface area contributed by atoms with Gasteiger partial charge in [0.05, 0.1) is 5.56 Å². The number of nitrogens with two attached hydrogens (primary N) is 1. The highest BCUT2D eigenvalue weighted by Gasteiger charge is 2.29. The average molecular weight is 248 g/mol. The molecule has 5 heteroatoms. The summed E-state index contributed by atoms with van der Waals surface area (Å²) in [5, 5.41) is 0. The highest BCUT2D eigenvalue weighted by atomic mass is 16.5. The van der Waals surface area contributed by atoms with E-state index in [0.29, 0.717) is 17.3 Å². The number of nitrogen functional groups attached to an aromatic ring is 1. The van der Waals surface area contributed by atoms with Crippen molar-refractivity contribution in [2.45, 2.75) is 18.9 Å². The van der Waals surface area contributed by atoms with Crippen LogP contribution in [0.1, 0.15) is 23.2 Å². The number of ether oxygens (including phenoxy) is 1. The van der Waals surface area contributed by atoms with E-state index >= 15 is 0 Å². The van der Waals surface area contributed by atoms with Crippen molar-refractivity contribution in [3.05, 3.63) is 29.8 Å². The van der Waals surface area contributed by atoms with Crippen molar-refractivity contribution < 1.29 is 14.3 Å². The summed E-state index contributed by atoms with van der Waals surface area (Å²) < 4.78 is 4.96. The van der Waals surface area contributed by atoms with E-state index in [0.717, 1.165) is 12.8 Å². The third-order valence-electron chi connectivity index (χ3n) is 2.96. The summed E-state index contributed by atoms with van der Waals surface area (Å²) in [5.41, 5.74) is 6.49. The van der Waals surface area contributed by atoms with Crippen molar-refractivity contribution in [1.29, 1.82) is 0 Å². The molecule has 2 rings (SSSR count). The summed E-state index contributed by atoms with van der Waals surface area (Å²) in [4.78, 5) is 24.9. The molecule has 0 bridgehead atoms. The summed E-state index contributed by atoms with van der Waals surface area (Å²) in [5.74, 6) is -0.672. The number of rotatable bonds is 4. The second-order valence-corrected chi connectivity index (χ2v) is 4.43. The smallest absolute Gasteiger partial charge is 0.338 e. The summed E-state index contributed by atoms with van der Waals surface area (Å²) in [6.45, 7) is -0.212. The van der Waals surface area contributed by atoms with Crippen LogP contribution in [-0.2, 0) is 9.53 Å². The lowest BCUT2D eigenvalue weighted by molar-refractivity contribution is -0.133. The van der Waals surface area contributed by atoms with Gasteiger partial charge >= 0.3 is 5.97 Å². The van der Waals surface area contributed by atoms with Crippen LogP contribution >= 0.6 is 0 Å². The van der Waals surface area contributed by atoms with Gasteiger partial charge in [-0.3, -0.25) is 4.79 Å². The van der Waals surface area contributed by atoms with E-state index in [9.17, 15) is 9.59 Å². The number of carbonyl (C=O) groups excluding carboxylic acids is 2. The second-order valence-electron chi connectivity index (χ2n) is 4.43. The van der Waals surface area contributed by atoms with Gasteiger partial charge in [-0.05, 0) is 37.1 Å². The lowest BCUT2D eigenvalue weighted by Crippen LogP contribution is -2.32. The van der Waals surface area contributed by atoms with Gasteiger partial charge in [0, 0.05) is 18.8 Å². The Kier molecular flexibility index (Phi) is 3.50. The van der Waals surface area contributed by atoms with Crippen LogP contribution in [0.5, 0.6) is 0 Å². The number of anilines is 1. The molecule has 0 heterocycles. The Labute approximate surface area is 106 Å². The number of hydrogen-bond donors (Lipinski definition) is 1. The SMILES string of the molecule is CN(C(=O)COC(=O)c1ccc(N)cc1)C1CC1.